The van der Waals surface area contributed by atoms with Crippen molar-refractivity contribution in [2.45, 2.75) is 6.92 Å². The molecule has 0 bridgehead atoms. The lowest BCUT2D eigenvalue weighted by Crippen LogP contribution is -2.03. The first-order valence-electron chi connectivity index (χ1n) is 8.40. The Morgan fingerprint density at radius 1 is 0.964 bits per heavy atom. The highest BCUT2D eigenvalue weighted by molar-refractivity contribution is 6.31. The van der Waals surface area contributed by atoms with Crippen LogP contribution in [0.15, 0.2) is 48.5 Å². The maximum atomic E-state index is 11.5. The predicted molar refractivity (Wildman–Crippen MR) is 109 cm³/mol. The van der Waals surface area contributed by atoms with Crippen LogP contribution in [0, 0.1) is 6.92 Å². The number of anilines is 4. The van der Waals surface area contributed by atoms with Crippen LogP contribution in [0.1, 0.15) is 16.2 Å². The van der Waals surface area contributed by atoms with E-state index in [0.717, 1.165) is 5.69 Å². The Morgan fingerprint density at radius 2 is 1.64 bits per heavy atom. The number of carbonyl (C=O) groups is 1. The minimum atomic E-state index is -0.383. The van der Waals surface area contributed by atoms with Crippen LogP contribution in [0.2, 0.25) is 5.02 Å². The van der Waals surface area contributed by atoms with Crippen molar-refractivity contribution in [1.82, 2.24) is 9.97 Å². The van der Waals surface area contributed by atoms with Gasteiger partial charge >= 0.3 is 5.97 Å². The van der Waals surface area contributed by atoms with Gasteiger partial charge in [0.15, 0.2) is 0 Å². The molecule has 2 N–H and O–H groups in total. The zero-order valence-corrected chi connectivity index (χ0v) is 16.4. The Kier molecular flexibility index (Phi) is 5.96. The molecule has 0 amide bonds. The molecule has 1 heterocycles. The number of aromatic nitrogens is 2. The number of carbonyl (C=O) groups excluding carboxylic acids is 1. The third-order valence-corrected chi connectivity index (χ3v) is 4.08. The fourth-order valence-corrected chi connectivity index (χ4v) is 2.74. The maximum Gasteiger partial charge on any atom is 0.337 e. The number of aryl methyl sites for hydroxylation is 1. The molecule has 0 spiro atoms. The average molecular weight is 399 g/mol. The summed E-state index contributed by atoms with van der Waals surface area (Å²) in [6.07, 6.45) is 0. The third-order valence-electron chi connectivity index (χ3n) is 3.84. The van der Waals surface area contributed by atoms with E-state index < -0.39 is 0 Å². The van der Waals surface area contributed by atoms with Crippen LogP contribution < -0.4 is 15.4 Å². The van der Waals surface area contributed by atoms with Gasteiger partial charge in [0, 0.05) is 16.8 Å². The number of nitrogens with one attached hydrogen (secondary N) is 2. The van der Waals surface area contributed by atoms with Gasteiger partial charge in [0.05, 0.1) is 25.5 Å². The molecule has 0 aliphatic carbocycles. The molecule has 8 heteroatoms. The second-order valence-electron chi connectivity index (χ2n) is 5.85. The molecule has 7 nitrogen and oxygen atoms in total. The Bertz CT molecular complexity index is 993. The van der Waals surface area contributed by atoms with Crippen molar-refractivity contribution in [3.8, 4) is 5.75 Å². The van der Waals surface area contributed by atoms with Crippen LogP contribution in [0.5, 0.6) is 5.75 Å². The molecule has 2 aromatic carbocycles. The molecular formula is C20H19ClN4O3. The van der Waals surface area contributed by atoms with Gasteiger partial charge in [-0.25, -0.2) is 14.8 Å². The number of nitrogens with zero attached hydrogens (tertiary/aromatic N) is 2. The maximum absolute atomic E-state index is 11.5. The van der Waals surface area contributed by atoms with Gasteiger partial charge in [0.25, 0.3) is 0 Å². The van der Waals surface area contributed by atoms with Gasteiger partial charge in [-0.15, -0.1) is 0 Å². The fraction of sp³-hybridized carbons (Fsp3) is 0.150. The first kappa shape index (κ1) is 19.4. The largest absolute Gasteiger partial charge is 0.495 e. The second-order valence-corrected chi connectivity index (χ2v) is 6.29. The highest BCUT2D eigenvalue weighted by Crippen LogP contribution is 2.30. The van der Waals surface area contributed by atoms with Crippen LogP contribution in [0.25, 0.3) is 0 Å². The van der Waals surface area contributed by atoms with Gasteiger partial charge in [0.1, 0.15) is 23.2 Å². The van der Waals surface area contributed by atoms with Crippen molar-refractivity contribution in [3.05, 3.63) is 64.9 Å². The van der Waals surface area contributed by atoms with Crippen molar-refractivity contribution < 1.29 is 14.3 Å². The SMILES string of the molecule is COC(=O)c1ccc(Nc2cc(Nc3cc(Cl)ccc3OC)nc(C)n2)cc1. The molecule has 0 radical (unpaired) electrons. The Labute approximate surface area is 167 Å². The van der Waals surface area contributed by atoms with Gasteiger partial charge in [-0.05, 0) is 49.4 Å². The van der Waals surface area contributed by atoms with Gasteiger partial charge in [0.2, 0.25) is 0 Å². The highest BCUT2D eigenvalue weighted by Gasteiger charge is 2.09. The third kappa shape index (κ3) is 4.69. The lowest BCUT2D eigenvalue weighted by atomic mass is 10.2. The van der Waals surface area contributed by atoms with Crippen molar-refractivity contribution in [1.29, 1.82) is 0 Å². The molecule has 28 heavy (non-hydrogen) atoms. The minimum Gasteiger partial charge on any atom is -0.495 e. The van der Waals surface area contributed by atoms with Gasteiger partial charge in [-0.1, -0.05) is 11.6 Å². The lowest BCUT2D eigenvalue weighted by Gasteiger charge is -2.13. The van der Waals surface area contributed by atoms with E-state index in [1.807, 2.05) is 0 Å². The molecule has 144 valence electrons. The Morgan fingerprint density at radius 3 is 2.29 bits per heavy atom. The molecule has 0 saturated carbocycles. The van der Waals surface area contributed by atoms with Crippen LogP contribution in [0.3, 0.4) is 0 Å². The molecule has 1 aromatic heterocycles. The molecule has 0 aliphatic rings. The molecule has 0 aliphatic heterocycles. The number of methoxy groups -OCH3 is 2. The lowest BCUT2D eigenvalue weighted by molar-refractivity contribution is 0.0601. The standard InChI is InChI=1S/C20H19ClN4O3/c1-12-22-18(24-15-7-4-13(5-8-15)20(26)28-3)11-19(23-12)25-16-10-14(21)6-9-17(16)27-2/h4-11H,1-3H3,(H2,22,23,24,25). The number of halogens is 1. The van der Waals surface area contributed by atoms with E-state index >= 15 is 0 Å². The van der Waals surface area contributed by atoms with Crippen molar-refractivity contribution in [2.75, 3.05) is 24.9 Å². The molecule has 0 fully saturated rings. The number of benzene rings is 2. The summed E-state index contributed by atoms with van der Waals surface area (Å²) in [5, 5.41) is 6.98. The number of rotatable bonds is 6. The summed E-state index contributed by atoms with van der Waals surface area (Å²) in [5.74, 6) is 2.03. The van der Waals surface area contributed by atoms with E-state index in [2.05, 4.69) is 20.6 Å². The second kappa shape index (κ2) is 8.58. The van der Waals surface area contributed by atoms with Gasteiger partial charge in [-0.3, -0.25) is 0 Å². The van der Waals surface area contributed by atoms with Crippen LogP contribution in [0.4, 0.5) is 23.0 Å². The van der Waals surface area contributed by atoms with Crippen LogP contribution >= 0.6 is 11.6 Å². The first-order valence-corrected chi connectivity index (χ1v) is 8.78. The molecule has 3 rings (SSSR count). The zero-order valence-electron chi connectivity index (χ0n) is 15.6. The summed E-state index contributed by atoms with van der Waals surface area (Å²) in [4.78, 5) is 20.3. The van der Waals surface area contributed by atoms with E-state index in [1.165, 1.54) is 7.11 Å². The fourth-order valence-electron chi connectivity index (χ4n) is 2.57. The highest BCUT2D eigenvalue weighted by atomic mass is 35.5. The molecule has 3 aromatic rings. The summed E-state index contributed by atoms with van der Waals surface area (Å²) in [6, 6.07) is 14.0. The summed E-state index contributed by atoms with van der Waals surface area (Å²) in [7, 11) is 2.94. The molecule has 0 saturated heterocycles. The smallest absolute Gasteiger partial charge is 0.337 e. The number of esters is 1. The number of hydrogen-bond acceptors (Lipinski definition) is 7. The van der Waals surface area contributed by atoms with Crippen LogP contribution in [-0.4, -0.2) is 30.2 Å². The van der Waals surface area contributed by atoms with E-state index in [4.69, 9.17) is 21.1 Å². The van der Waals surface area contributed by atoms with E-state index in [0.29, 0.717) is 39.5 Å². The van der Waals surface area contributed by atoms with E-state index in [1.54, 1.807) is 62.6 Å². The van der Waals surface area contributed by atoms with Crippen LogP contribution in [-0.2, 0) is 4.74 Å². The molecule has 0 atom stereocenters. The molecule has 0 unspecified atom stereocenters. The van der Waals surface area contributed by atoms with E-state index in [9.17, 15) is 4.79 Å². The predicted octanol–water partition coefficient (Wildman–Crippen LogP) is 4.72. The molecular weight excluding hydrogens is 380 g/mol. The summed E-state index contributed by atoms with van der Waals surface area (Å²) in [5.41, 5.74) is 1.95. The topological polar surface area (TPSA) is 85.4 Å². The van der Waals surface area contributed by atoms with Crippen molar-refractivity contribution in [3.63, 3.8) is 0 Å². The number of hydrogen-bond donors (Lipinski definition) is 2. The van der Waals surface area contributed by atoms with Crippen molar-refractivity contribution in [2.24, 2.45) is 0 Å². The Hall–Kier alpha value is -3.32. The summed E-state index contributed by atoms with van der Waals surface area (Å²) < 4.78 is 10.1. The van der Waals surface area contributed by atoms with E-state index in [-0.39, 0.29) is 5.97 Å². The quantitative estimate of drug-likeness (QED) is 0.581. The zero-order chi connectivity index (χ0) is 20.1. The van der Waals surface area contributed by atoms with Crippen molar-refractivity contribution >= 4 is 40.6 Å². The monoisotopic (exact) mass is 398 g/mol. The summed E-state index contributed by atoms with van der Waals surface area (Å²) >= 11 is 6.08. The first-order chi connectivity index (χ1) is 13.5. The van der Waals surface area contributed by atoms with Gasteiger partial charge < -0.3 is 20.1 Å². The van der Waals surface area contributed by atoms with Gasteiger partial charge in [-0.2, -0.15) is 0 Å². The Balaban J connectivity index is 1.82. The minimum absolute atomic E-state index is 0.383. The number of ether oxygens (including phenoxy) is 2. The summed E-state index contributed by atoms with van der Waals surface area (Å²) in [6.45, 7) is 1.80. The average Bonchev–Trinajstić information content (AvgIpc) is 2.68. The normalized spacial score (nSPS) is 10.3.